The minimum Gasteiger partial charge on any atom is -0.361 e. The first-order valence-corrected chi connectivity index (χ1v) is 8.08. The molecule has 0 aliphatic carbocycles. The van der Waals surface area contributed by atoms with Crippen LogP contribution in [0.15, 0.2) is 36.8 Å². The molecule has 6 nitrogen and oxygen atoms in total. The van der Waals surface area contributed by atoms with Gasteiger partial charge in [-0.2, -0.15) is 0 Å². The third-order valence-electron chi connectivity index (χ3n) is 3.33. The lowest BCUT2D eigenvalue weighted by molar-refractivity contribution is -0.121. The summed E-state index contributed by atoms with van der Waals surface area (Å²) in [5.41, 5.74) is 7.18. The number of aryl methyl sites for hydroxylation is 2. The number of thiocarbonyl (C=S) groups is 1. The first kappa shape index (κ1) is 17.9. The molecule has 0 saturated carbocycles. The maximum absolute atomic E-state index is 12.8. The molecule has 0 bridgehead atoms. The number of amides is 1. The summed E-state index contributed by atoms with van der Waals surface area (Å²) < 4.78 is 12.8. The van der Waals surface area contributed by atoms with Gasteiger partial charge < -0.3 is 10.3 Å². The number of aromatic nitrogens is 2. The fourth-order valence-electron chi connectivity index (χ4n) is 2.04. The van der Waals surface area contributed by atoms with E-state index in [0.717, 1.165) is 24.1 Å². The molecule has 128 valence electrons. The van der Waals surface area contributed by atoms with Crippen molar-refractivity contribution in [3.63, 3.8) is 0 Å². The van der Waals surface area contributed by atoms with Crippen LogP contribution in [0.5, 0.6) is 0 Å². The van der Waals surface area contributed by atoms with E-state index in [1.54, 1.807) is 24.7 Å². The van der Waals surface area contributed by atoms with Gasteiger partial charge in [0.1, 0.15) is 5.82 Å². The summed E-state index contributed by atoms with van der Waals surface area (Å²) in [6.45, 7) is 0.691. The van der Waals surface area contributed by atoms with E-state index in [-0.39, 0.29) is 11.7 Å². The average Bonchev–Trinajstić information content (AvgIpc) is 3.10. The number of aromatic amines is 1. The van der Waals surface area contributed by atoms with Crippen molar-refractivity contribution in [3.8, 4) is 0 Å². The molecule has 8 heteroatoms. The van der Waals surface area contributed by atoms with E-state index in [1.807, 2.05) is 0 Å². The Morgan fingerprint density at radius 2 is 2.00 bits per heavy atom. The van der Waals surface area contributed by atoms with Crippen LogP contribution in [0.1, 0.15) is 24.1 Å². The number of imidazole rings is 1. The molecule has 0 fully saturated rings. The van der Waals surface area contributed by atoms with Crippen LogP contribution in [0.3, 0.4) is 0 Å². The topological polar surface area (TPSA) is 81.8 Å². The zero-order chi connectivity index (χ0) is 17.2. The highest BCUT2D eigenvalue weighted by Gasteiger charge is 2.03. The lowest BCUT2D eigenvalue weighted by Crippen LogP contribution is -2.47. The van der Waals surface area contributed by atoms with Gasteiger partial charge in [-0.15, -0.1) is 0 Å². The second-order valence-corrected chi connectivity index (χ2v) is 5.64. The van der Waals surface area contributed by atoms with Crippen molar-refractivity contribution in [2.24, 2.45) is 0 Å². The molecule has 1 aromatic heterocycles. The fourth-order valence-corrected chi connectivity index (χ4v) is 2.20. The summed E-state index contributed by atoms with van der Waals surface area (Å²) >= 11 is 5.08. The predicted molar refractivity (Wildman–Crippen MR) is 93.5 cm³/mol. The Morgan fingerprint density at radius 1 is 1.21 bits per heavy atom. The number of rotatable bonds is 7. The third kappa shape index (κ3) is 6.74. The number of nitrogens with one attached hydrogen (secondary N) is 4. The van der Waals surface area contributed by atoms with Crippen LogP contribution in [-0.2, 0) is 17.6 Å². The number of nitrogens with zero attached hydrogens (tertiary/aromatic N) is 1. The van der Waals surface area contributed by atoms with Crippen molar-refractivity contribution >= 4 is 23.2 Å². The van der Waals surface area contributed by atoms with Crippen LogP contribution in [0.2, 0.25) is 0 Å². The van der Waals surface area contributed by atoms with Gasteiger partial charge in [-0.05, 0) is 49.2 Å². The van der Waals surface area contributed by atoms with E-state index in [0.29, 0.717) is 24.5 Å². The highest BCUT2D eigenvalue weighted by Crippen LogP contribution is 2.05. The second kappa shape index (κ2) is 9.61. The van der Waals surface area contributed by atoms with Gasteiger partial charge in [0.15, 0.2) is 5.11 Å². The van der Waals surface area contributed by atoms with Crippen molar-refractivity contribution in [3.05, 3.63) is 53.9 Å². The van der Waals surface area contributed by atoms with E-state index in [1.165, 1.54) is 12.1 Å². The van der Waals surface area contributed by atoms with Crippen LogP contribution in [0.4, 0.5) is 4.39 Å². The summed E-state index contributed by atoms with van der Waals surface area (Å²) in [4.78, 5) is 18.7. The summed E-state index contributed by atoms with van der Waals surface area (Å²) in [6, 6.07) is 6.10. The van der Waals surface area contributed by atoms with E-state index < -0.39 is 0 Å². The summed E-state index contributed by atoms with van der Waals surface area (Å²) in [5.74, 6) is -0.463. The van der Waals surface area contributed by atoms with E-state index in [2.05, 4.69) is 26.1 Å². The quantitative estimate of drug-likeness (QED) is 0.347. The van der Waals surface area contributed by atoms with Gasteiger partial charge in [-0.1, -0.05) is 12.1 Å². The van der Waals surface area contributed by atoms with Crippen LogP contribution in [0.25, 0.3) is 0 Å². The molecule has 0 aliphatic heterocycles. The Labute approximate surface area is 145 Å². The average molecular weight is 349 g/mol. The standard InChI is InChI=1S/C16H20FN5OS/c17-13-6-3-12(4-7-13)5-8-15(23)21-22-16(24)19-9-1-2-14-10-18-11-20-14/h3-4,6-7,10-11H,1-2,5,8-9H2,(H,18,20)(H,21,23)(H2,19,22,24). The first-order chi connectivity index (χ1) is 11.6. The maximum Gasteiger partial charge on any atom is 0.238 e. The van der Waals surface area contributed by atoms with Crippen molar-refractivity contribution in [1.82, 2.24) is 26.1 Å². The Hall–Kier alpha value is -2.48. The van der Waals surface area contributed by atoms with Crippen molar-refractivity contribution < 1.29 is 9.18 Å². The van der Waals surface area contributed by atoms with Gasteiger partial charge in [0.05, 0.1) is 6.33 Å². The zero-order valence-electron chi connectivity index (χ0n) is 13.1. The fraction of sp³-hybridized carbons (Fsp3) is 0.312. The molecule has 2 aromatic rings. The number of benzene rings is 1. The lowest BCUT2D eigenvalue weighted by Gasteiger charge is -2.11. The highest BCUT2D eigenvalue weighted by atomic mass is 32.1. The van der Waals surface area contributed by atoms with E-state index >= 15 is 0 Å². The summed E-state index contributed by atoms with van der Waals surface area (Å²) in [7, 11) is 0. The van der Waals surface area contributed by atoms with E-state index in [4.69, 9.17) is 12.2 Å². The Bertz CT molecular complexity index is 645. The molecule has 0 spiro atoms. The molecular weight excluding hydrogens is 329 g/mol. The monoisotopic (exact) mass is 349 g/mol. The third-order valence-corrected chi connectivity index (χ3v) is 3.58. The first-order valence-electron chi connectivity index (χ1n) is 7.68. The number of hydrogen-bond donors (Lipinski definition) is 4. The number of H-pyrrole nitrogens is 1. The number of carbonyl (C=O) groups is 1. The number of halogens is 1. The molecule has 1 amide bonds. The number of carbonyl (C=O) groups excluding carboxylic acids is 1. The van der Waals surface area contributed by atoms with Gasteiger partial charge in [0.2, 0.25) is 5.91 Å². The highest BCUT2D eigenvalue weighted by molar-refractivity contribution is 7.80. The zero-order valence-corrected chi connectivity index (χ0v) is 14.0. The summed E-state index contributed by atoms with van der Waals surface area (Å²) in [5, 5.41) is 3.38. The molecular formula is C16H20FN5OS. The molecule has 4 N–H and O–H groups in total. The maximum atomic E-state index is 12.8. The second-order valence-electron chi connectivity index (χ2n) is 5.24. The van der Waals surface area contributed by atoms with Gasteiger partial charge in [-0.3, -0.25) is 15.6 Å². The minimum absolute atomic E-state index is 0.180. The number of hydrogen-bond acceptors (Lipinski definition) is 3. The number of hydrazine groups is 1. The van der Waals surface area contributed by atoms with Crippen LogP contribution < -0.4 is 16.2 Å². The molecule has 0 unspecified atom stereocenters. The van der Waals surface area contributed by atoms with Crippen LogP contribution >= 0.6 is 12.2 Å². The lowest BCUT2D eigenvalue weighted by atomic mass is 10.1. The molecule has 1 heterocycles. The van der Waals surface area contributed by atoms with Crippen LogP contribution in [-0.4, -0.2) is 27.5 Å². The van der Waals surface area contributed by atoms with Gasteiger partial charge in [0.25, 0.3) is 0 Å². The summed E-state index contributed by atoms with van der Waals surface area (Å²) in [6.07, 6.45) is 6.04. The minimum atomic E-state index is -0.283. The molecule has 0 saturated heterocycles. The SMILES string of the molecule is O=C(CCc1ccc(F)cc1)NNC(=S)NCCCc1cnc[nH]1. The Balaban J connectivity index is 1.54. The van der Waals surface area contributed by atoms with Crippen molar-refractivity contribution in [2.45, 2.75) is 25.7 Å². The molecule has 1 aromatic carbocycles. The Kier molecular flexibility index (Phi) is 7.16. The molecule has 0 atom stereocenters. The molecule has 2 rings (SSSR count). The molecule has 0 radical (unpaired) electrons. The molecule has 24 heavy (non-hydrogen) atoms. The van der Waals surface area contributed by atoms with Crippen LogP contribution in [0, 0.1) is 5.82 Å². The van der Waals surface area contributed by atoms with E-state index in [9.17, 15) is 9.18 Å². The smallest absolute Gasteiger partial charge is 0.238 e. The Morgan fingerprint density at radius 3 is 2.71 bits per heavy atom. The largest absolute Gasteiger partial charge is 0.361 e. The van der Waals surface area contributed by atoms with Gasteiger partial charge in [0, 0.05) is 24.9 Å². The van der Waals surface area contributed by atoms with Gasteiger partial charge >= 0.3 is 0 Å². The predicted octanol–water partition coefficient (Wildman–Crippen LogP) is 1.61. The molecule has 0 aliphatic rings. The van der Waals surface area contributed by atoms with Crippen molar-refractivity contribution in [1.29, 1.82) is 0 Å². The van der Waals surface area contributed by atoms with Crippen molar-refractivity contribution in [2.75, 3.05) is 6.54 Å². The van der Waals surface area contributed by atoms with Gasteiger partial charge in [-0.25, -0.2) is 9.37 Å². The normalized spacial score (nSPS) is 10.2.